The largest absolute Gasteiger partial charge is 0.279 e. The molecule has 0 fully saturated rings. The average molecular weight is 449 g/mol. The third-order valence-corrected chi connectivity index (χ3v) is 6.66. The lowest BCUT2D eigenvalue weighted by molar-refractivity contribution is 1.01. The fourth-order valence-corrected chi connectivity index (χ4v) is 5.18. The van der Waals surface area contributed by atoms with Gasteiger partial charge in [0.05, 0.1) is 0 Å². The van der Waals surface area contributed by atoms with Gasteiger partial charge in [0.25, 0.3) is 0 Å². The second-order valence-corrected chi connectivity index (χ2v) is 8.59. The van der Waals surface area contributed by atoms with Crippen LogP contribution in [-0.2, 0) is 0 Å². The van der Waals surface area contributed by atoms with Crippen LogP contribution in [0.2, 0.25) is 0 Å². The van der Waals surface area contributed by atoms with Gasteiger partial charge in [0.2, 0.25) is 5.95 Å². The van der Waals surface area contributed by atoms with Crippen LogP contribution in [0.3, 0.4) is 0 Å². The number of fused-ring (bicyclic) bond motifs is 3. The molecule has 0 unspecified atom stereocenters. The van der Waals surface area contributed by atoms with Crippen LogP contribution in [0.15, 0.2) is 122 Å². The molecule has 0 spiro atoms. The highest BCUT2D eigenvalue weighted by Crippen LogP contribution is 2.49. The van der Waals surface area contributed by atoms with Crippen LogP contribution in [0, 0.1) is 0 Å². The quantitative estimate of drug-likeness (QED) is 0.275. The fraction of sp³-hybridized carbons (Fsp3) is 0. The number of hydrogen-bond donors (Lipinski definition) is 0. The summed E-state index contributed by atoms with van der Waals surface area (Å²) in [7, 11) is 0. The van der Waals surface area contributed by atoms with Gasteiger partial charge in [0.15, 0.2) is 0 Å². The number of anilines is 3. The van der Waals surface area contributed by atoms with Crippen molar-refractivity contribution in [2.75, 3.05) is 4.90 Å². The van der Waals surface area contributed by atoms with Gasteiger partial charge >= 0.3 is 0 Å². The summed E-state index contributed by atoms with van der Waals surface area (Å²) in [5.41, 5.74) is 9.58. The van der Waals surface area contributed by atoms with Crippen LogP contribution in [0.25, 0.3) is 44.2 Å². The molecule has 1 aliphatic rings. The van der Waals surface area contributed by atoms with Crippen molar-refractivity contribution in [3.05, 3.63) is 122 Å². The van der Waals surface area contributed by atoms with Gasteiger partial charge in [0, 0.05) is 11.4 Å². The molecule has 0 amide bonds. The Morgan fingerprint density at radius 3 is 1.91 bits per heavy atom. The van der Waals surface area contributed by atoms with Gasteiger partial charge in [-0.3, -0.25) is 4.90 Å². The molecule has 0 radical (unpaired) electrons. The normalized spacial score (nSPS) is 11.4. The lowest BCUT2D eigenvalue weighted by Crippen LogP contribution is -2.13. The Kier molecular flexibility index (Phi) is 4.42. The van der Waals surface area contributed by atoms with E-state index < -0.39 is 0 Å². The Balaban J connectivity index is 1.41. The first-order valence-electron chi connectivity index (χ1n) is 11.6. The Morgan fingerprint density at radius 1 is 0.486 bits per heavy atom. The molecule has 0 aliphatic heterocycles. The van der Waals surface area contributed by atoms with Gasteiger partial charge in [-0.05, 0) is 68.4 Å². The summed E-state index contributed by atoms with van der Waals surface area (Å²) in [5, 5.41) is 2.59. The van der Waals surface area contributed by atoms with Crippen LogP contribution in [0.4, 0.5) is 17.3 Å². The zero-order valence-electron chi connectivity index (χ0n) is 18.8. The van der Waals surface area contributed by atoms with Gasteiger partial charge in [-0.15, -0.1) is 0 Å². The van der Waals surface area contributed by atoms with Crippen molar-refractivity contribution >= 4 is 28.1 Å². The van der Waals surface area contributed by atoms with Gasteiger partial charge in [-0.2, -0.15) is 0 Å². The van der Waals surface area contributed by atoms with Crippen molar-refractivity contribution in [3.63, 3.8) is 0 Å². The Hall–Kier alpha value is -4.83. The molecule has 7 rings (SSSR count). The van der Waals surface area contributed by atoms with Crippen molar-refractivity contribution in [2.45, 2.75) is 0 Å². The van der Waals surface area contributed by atoms with E-state index in [4.69, 9.17) is 0 Å². The second-order valence-electron chi connectivity index (χ2n) is 8.59. The third-order valence-electron chi connectivity index (χ3n) is 6.66. The van der Waals surface area contributed by atoms with Crippen molar-refractivity contribution in [1.29, 1.82) is 0 Å². The van der Waals surface area contributed by atoms with E-state index in [1.165, 1.54) is 51.2 Å². The summed E-state index contributed by atoms with van der Waals surface area (Å²) >= 11 is 0. The van der Waals surface area contributed by atoms with E-state index in [0.29, 0.717) is 5.95 Å². The minimum absolute atomic E-state index is 0.583. The number of para-hydroxylation sites is 1. The highest BCUT2D eigenvalue weighted by molar-refractivity contribution is 6.18. The maximum atomic E-state index is 4.44. The first-order valence-corrected chi connectivity index (χ1v) is 11.6. The molecule has 1 heterocycles. The van der Waals surface area contributed by atoms with E-state index in [0.717, 1.165) is 16.9 Å². The standard InChI is InChI=1S/C31H20N4/c1-2-9-22(10-3-1)35(31-33-19-32-20-34-31)23-11-6-8-21(18-23)24-16-17-29-26-13-5-4-12-25(26)28-15-7-14-27(24)30(28)29/h1-20H. The van der Waals surface area contributed by atoms with E-state index in [2.05, 4.69) is 111 Å². The third kappa shape index (κ3) is 3.11. The first-order chi connectivity index (χ1) is 17.4. The summed E-state index contributed by atoms with van der Waals surface area (Å²) in [4.78, 5) is 14.9. The first kappa shape index (κ1) is 19.6. The Bertz CT molecular complexity index is 1630. The van der Waals surface area contributed by atoms with E-state index in [1.807, 2.05) is 18.2 Å². The SMILES string of the molecule is c1ccc(N(c2cccc(-c3ccc4c5c(cccc35)-c3ccccc3-4)c2)c2ncncn2)cc1. The molecule has 0 bridgehead atoms. The topological polar surface area (TPSA) is 41.9 Å². The molecule has 0 saturated carbocycles. The number of aromatic nitrogens is 3. The fourth-order valence-electron chi connectivity index (χ4n) is 5.18. The zero-order valence-corrected chi connectivity index (χ0v) is 18.8. The van der Waals surface area contributed by atoms with E-state index >= 15 is 0 Å². The molecule has 1 aliphatic carbocycles. The average Bonchev–Trinajstić information content (AvgIpc) is 3.26. The number of nitrogens with zero attached hydrogens (tertiary/aromatic N) is 4. The molecule has 4 heteroatoms. The van der Waals surface area contributed by atoms with E-state index in [9.17, 15) is 0 Å². The zero-order chi connectivity index (χ0) is 23.2. The van der Waals surface area contributed by atoms with Crippen molar-refractivity contribution in [1.82, 2.24) is 15.0 Å². The molecule has 0 saturated heterocycles. The highest BCUT2D eigenvalue weighted by atomic mass is 15.3. The van der Waals surface area contributed by atoms with Crippen molar-refractivity contribution in [2.24, 2.45) is 0 Å². The van der Waals surface area contributed by atoms with Crippen LogP contribution in [-0.4, -0.2) is 15.0 Å². The highest BCUT2D eigenvalue weighted by Gasteiger charge is 2.22. The Labute approximate surface area is 203 Å². The van der Waals surface area contributed by atoms with Gasteiger partial charge in [-0.25, -0.2) is 15.0 Å². The molecular formula is C31H20N4. The molecule has 0 atom stereocenters. The minimum Gasteiger partial charge on any atom is -0.279 e. The second kappa shape index (κ2) is 7.89. The molecule has 35 heavy (non-hydrogen) atoms. The molecule has 0 N–H and O–H groups in total. The van der Waals surface area contributed by atoms with Crippen molar-refractivity contribution in [3.8, 4) is 33.4 Å². The van der Waals surface area contributed by atoms with Gasteiger partial charge in [0.1, 0.15) is 12.7 Å². The molecule has 1 aromatic heterocycles. The smallest absolute Gasteiger partial charge is 0.237 e. The summed E-state index contributed by atoms with van der Waals surface area (Å²) in [5.74, 6) is 0.583. The minimum atomic E-state index is 0.583. The van der Waals surface area contributed by atoms with E-state index in [-0.39, 0.29) is 0 Å². The predicted molar refractivity (Wildman–Crippen MR) is 142 cm³/mol. The number of hydrogen-bond acceptors (Lipinski definition) is 4. The summed E-state index contributed by atoms with van der Waals surface area (Å²) < 4.78 is 0. The predicted octanol–water partition coefficient (Wildman–Crippen LogP) is 7.81. The molecular weight excluding hydrogens is 428 g/mol. The summed E-state index contributed by atoms with van der Waals surface area (Å²) in [6, 6.07) is 38.6. The van der Waals surface area contributed by atoms with Crippen LogP contribution < -0.4 is 4.90 Å². The maximum Gasteiger partial charge on any atom is 0.237 e. The summed E-state index contributed by atoms with van der Waals surface area (Å²) in [6.07, 6.45) is 3.06. The molecule has 164 valence electrons. The molecule has 4 nitrogen and oxygen atoms in total. The maximum absolute atomic E-state index is 4.44. The molecule has 6 aromatic rings. The van der Waals surface area contributed by atoms with Crippen molar-refractivity contribution < 1.29 is 0 Å². The van der Waals surface area contributed by atoms with Gasteiger partial charge < -0.3 is 0 Å². The van der Waals surface area contributed by atoms with Crippen LogP contribution >= 0.6 is 0 Å². The Morgan fingerprint density at radius 2 is 1.11 bits per heavy atom. The van der Waals surface area contributed by atoms with Crippen LogP contribution in [0.5, 0.6) is 0 Å². The van der Waals surface area contributed by atoms with E-state index in [1.54, 1.807) is 0 Å². The lowest BCUT2D eigenvalue weighted by Gasteiger charge is -2.23. The van der Waals surface area contributed by atoms with Crippen LogP contribution in [0.1, 0.15) is 0 Å². The molecule has 5 aromatic carbocycles. The number of rotatable bonds is 4. The summed E-state index contributed by atoms with van der Waals surface area (Å²) in [6.45, 7) is 0. The number of benzene rings is 5. The lowest BCUT2D eigenvalue weighted by atomic mass is 9.94. The monoisotopic (exact) mass is 448 g/mol. The van der Waals surface area contributed by atoms with Gasteiger partial charge in [-0.1, -0.05) is 84.9 Å².